The van der Waals surface area contributed by atoms with Crippen LogP contribution in [0.1, 0.15) is 11.1 Å². The van der Waals surface area contributed by atoms with E-state index in [1.165, 1.54) is 6.07 Å². The largest absolute Gasteiger partial charge is 0.394 e. The number of hydrogen-bond acceptors (Lipinski definition) is 4. The maximum Gasteiger partial charge on any atom is 0.236 e. The van der Waals surface area contributed by atoms with E-state index in [0.29, 0.717) is 18.7 Å². The summed E-state index contributed by atoms with van der Waals surface area (Å²) in [5.74, 6) is -0.821. The monoisotopic (exact) mass is 317 g/mol. The van der Waals surface area contributed by atoms with Crippen molar-refractivity contribution in [2.24, 2.45) is 5.73 Å². The highest BCUT2D eigenvalue weighted by Crippen LogP contribution is 2.13. The average Bonchev–Trinajstić information content (AvgIpc) is 2.55. The molecule has 0 aliphatic carbocycles. The second-order valence-electron chi connectivity index (χ2n) is 5.16. The molecule has 0 aliphatic heterocycles. The molecule has 1 amide bonds. The van der Waals surface area contributed by atoms with E-state index in [1.807, 2.05) is 24.3 Å². The Balaban J connectivity index is 1.87. The first-order valence-electron chi connectivity index (χ1n) is 7.30. The molecule has 1 unspecified atom stereocenters. The van der Waals surface area contributed by atoms with Crippen LogP contribution in [0.25, 0.3) is 0 Å². The maximum atomic E-state index is 13.5. The van der Waals surface area contributed by atoms with Crippen LogP contribution in [0.3, 0.4) is 0 Å². The van der Waals surface area contributed by atoms with E-state index in [-0.39, 0.29) is 12.4 Å². The number of carbonyl (C=O) groups excluding carboxylic acids is 1. The zero-order chi connectivity index (χ0) is 16.7. The van der Waals surface area contributed by atoms with Crippen LogP contribution in [0.2, 0.25) is 0 Å². The molecule has 0 radical (unpaired) electrons. The lowest BCUT2D eigenvalue weighted by Crippen LogP contribution is -2.43. The van der Waals surface area contributed by atoms with Gasteiger partial charge in [-0.1, -0.05) is 30.3 Å². The Morgan fingerprint density at radius 1 is 1.13 bits per heavy atom. The summed E-state index contributed by atoms with van der Waals surface area (Å²) >= 11 is 0. The van der Waals surface area contributed by atoms with Crippen molar-refractivity contribution in [3.63, 3.8) is 0 Å². The van der Waals surface area contributed by atoms with Gasteiger partial charge in [0.25, 0.3) is 0 Å². The first-order valence-corrected chi connectivity index (χ1v) is 7.30. The molecule has 0 bridgehead atoms. The number of halogens is 1. The predicted molar refractivity (Wildman–Crippen MR) is 87.1 cm³/mol. The molecular formula is C17H20FN3O2. The van der Waals surface area contributed by atoms with Crippen molar-refractivity contribution in [3.8, 4) is 0 Å². The molecule has 0 saturated heterocycles. The molecule has 0 fully saturated rings. The number of rotatable bonds is 8. The highest BCUT2D eigenvalue weighted by molar-refractivity contribution is 5.79. The van der Waals surface area contributed by atoms with Gasteiger partial charge in [-0.05, 0) is 23.8 Å². The number of primary amides is 1. The molecule has 1 atom stereocenters. The fourth-order valence-corrected chi connectivity index (χ4v) is 2.08. The summed E-state index contributed by atoms with van der Waals surface area (Å²) in [7, 11) is 0. The van der Waals surface area contributed by atoms with Crippen molar-refractivity contribution in [2.75, 3.05) is 11.9 Å². The van der Waals surface area contributed by atoms with Crippen molar-refractivity contribution < 1.29 is 14.3 Å². The second kappa shape index (κ2) is 8.26. The molecule has 0 aliphatic rings. The van der Waals surface area contributed by atoms with E-state index in [1.54, 1.807) is 18.2 Å². The zero-order valence-electron chi connectivity index (χ0n) is 12.6. The van der Waals surface area contributed by atoms with E-state index >= 15 is 0 Å². The molecule has 122 valence electrons. The molecule has 2 aromatic rings. The van der Waals surface area contributed by atoms with Gasteiger partial charge < -0.3 is 16.2 Å². The maximum absolute atomic E-state index is 13.5. The van der Waals surface area contributed by atoms with Gasteiger partial charge in [0.1, 0.15) is 11.9 Å². The number of amides is 1. The molecule has 0 heterocycles. The fourth-order valence-electron chi connectivity index (χ4n) is 2.08. The van der Waals surface area contributed by atoms with E-state index in [4.69, 9.17) is 10.8 Å². The number of nitrogens with one attached hydrogen (secondary N) is 2. The number of benzene rings is 2. The average molecular weight is 317 g/mol. The Bertz CT molecular complexity index is 647. The molecule has 23 heavy (non-hydrogen) atoms. The van der Waals surface area contributed by atoms with Gasteiger partial charge in [0, 0.05) is 24.3 Å². The van der Waals surface area contributed by atoms with Gasteiger partial charge in [-0.3, -0.25) is 10.1 Å². The van der Waals surface area contributed by atoms with E-state index < -0.39 is 11.9 Å². The fraction of sp³-hybridized carbons (Fsp3) is 0.235. The van der Waals surface area contributed by atoms with Gasteiger partial charge in [-0.2, -0.15) is 0 Å². The van der Waals surface area contributed by atoms with Crippen molar-refractivity contribution in [3.05, 3.63) is 65.5 Å². The van der Waals surface area contributed by atoms with Crippen LogP contribution in [0, 0.1) is 5.82 Å². The minimum atomic E-state index is -0.756. The van der Waals surface area contributed by atoms with E-state index in [9.17, 15) is 9.18 Å². The molecule has 0 spiro atoms. The number of carbonyl (C=O) groups is 1. The van der Waals surface area contributed by atoms with Gasteiger partial charge >= 0.3 is 0 Å². The summed E-state index contributed by atoms with van der Waals surface area (Å²) in [6, 6.07) is 13.4. The first-order chi connectivity index (χ1) is 11.1. The van der Waals surface area contributed by atoms with Crippen LogP contribution in [0.4, 0.5) is 10.1 Å². The molecule has 2 rings (SSSR count). The van der Waals surface area contributed by atoms with Crippen LogP contribution < -0.4 is 16.4 Å². The minimum absolute atomic E-state index is 0.234. The lowest BCUT2D eigenvalue weighted by Gasteiger charge is -2.13. The molecule has 2 aromatic carbocycles. The van der Waals surface area contributed by atoms with Gasteiger partial charge in [0.2, 0.25) is 5.91 Å². The van der Waals surface area contributed by atoms with Crippen LogP contribution >= 0.6 is 0 Å². The molecular weight excluding hydrogens is 297 g/mol. The first kappa shape index (κ1) is 16.9. The minimum Gasteiger partial charge on any atom is -0.394 e. The number of aliphatic hydroxyl groups excluding tert-OH is 1. The molecule has 0 saturated carbocycles. The van der Waals surface area contributed by atoms with Crippen molar-refractivity contribution >= 4 is 11.6 Å². The van der Waals surface area contributed by atoms with Crippen LogP contribution in [0.15, 0.2) is 48.5 Å². The SMILES string of the molecule is NC(=O)C(CO)NCc1ccc(NCc2ccccc2F)cc1. The summed E-state index contributed by atoms with van der Waals surface area (Å²) in [4.78, 5) is 11.0. The molecule has 5 N–H and O–H groups in total. The van der Waals surface area contributed by atoms with Crippen molar-refractivity contribution in [1.29, 1.82) is 0 Å². The van der Waals surface area contributed by atoms with Crippen molar-refractivity contribution in [2.45, 2.75) is 19.1 Å². The summed E-state index contributed by atoms with van der Waals surface area (Å²) in [6.45, 7) is 0.484. The zero-order valence-corrected chi connectivity index (χ0v) is 12.6. The lowest BCUT2D eigenvalue weighted by molar-refractivity contribution is -0.120. The van der Waals surface area contributed by atoms with Gasteiger partial charge in [-0.15, -0.1) is 0 Å². The van der Waals surface area contributed by atoms with Crippen LogP contribution in [0.5, 0.6) is 0 Å². The lowest BCUT2D eigenvalue weighted by atomic mass is 10.1. The Morgan fingerprint density at radius 3 is 2.43 bits per heavy atom. The summed E-state index contributed by atoms with van der Waals surface area (Å²) in [5.41, 5.74) is 7.55. The normalized spacial score (nSPS) is 11.9. The molecule has 0 aromatic heterocycles. The standard InChI is InChI=1S/C17H20FN3O2/c18-15-4-2-1-3-13(15)10-20-14-7-5-12(6-8-14)9-21-16(11-22)17(19)23/h1-8,16,20-22H,9-11H2,(H2,19,23). The van der Waals surface area contributed by atoms with E-state index in [0.717, 1.165) is 11.3 Å². The third kappa shape index (κ3) is 5.05. The van der Waals surface area contributed by atoms with Crippen LogP contribution in [-0.4, -0.2) is 23.7 Å². The second-order valence-corrected chi connectivity index (χ2v) is 5.16. The summed E-state index contributed by atoms with van der Waals surface area (Å²) in [5, 5.41) is 15.0. The molecule has 5 nitrogen and oxygen atoms in total. The topological polar surface area (TPSA) is 87.4 Å². The summed E-state index contributed by atoms with van der Waals surface area (Å²) < 4.78 is 13.5. The molecule has 6 heteroatoms. The number of nitrogens with two attached hydrogens (primary N) is 1. The summed E-state index contributed by atoms with van der Waals surface area (Å²) in [6.07, 6.45) is 0. The Kier molecular flexibility index (Phi) is 6.08. The van der Waals surface area contributed by atoms with Gasteiger partial charge in [0.05, 0.1) is 6.61 Å². The van der Waals surface area contributed by atoms with Crippen molar-refractivity contribution in [1.82, 2.24) is 5.32 Å². The Labute approximate surface area is 134 Å². The number of aliphatic hydroxyl groups is 1. The van der Waals surface area contributed by atoms with E-state index in [2.05, 4.69) is 10.6 Å². The van der Waals surface area contributed by atoms with Crippen LogP contribution in [-0.2, 0) is 17.9 Å². The third-order valence-electron chi connectivity index (χ3n) is 3.47. The predicted octanol–water partition coefficient (Wildman–Crippen LogP) is 1.37. The third-order valence-corrected chi connectivity index (χ3v) is 3.47. The Hall–Kier alpha value is -2.44. The quantitative estimate of drug-likeness (QED) is 0.592. The van der Waals surface area contributed by atoms with Gasteiger partial charge in [-0.25, -0.2) is 4.39 Å². The number of anilines is 1. The Morgan fingerprint density at radius 2 is 1.83 bits per heavy atom. The highest BCUT2D eigenvalue weighted by Gasteiger charge is 2.12. The van der Waals surface area contributed by atoms with Gasteiger partial charge in [0.15, 0.2) is 0 Å². The number of hydrogen-bond donors (Lipinski definition) is 4. The highest BCUT2D eigenvalue weighted by atomic mass is 19.1. The smallest absolute Gasteiger partial charge is 0.236 e.